The fourth-order valence-corrected chi connectivity index (χ4v) is 3.36. The van der Waals surface area contributed by atoms with Crippen LogP contribution in [0.2, 0.25) is 0 Å². The van der Waals surface area contributed by atoms with E-state index in [-0.39, 0.29) is 43.1 Å². The number of amides is 1. The first-order chi connectivity index (χ1) is 12.3. The van der Waals surface area contributed by atoms with Crippen molar-refractivity contribution >= 4 is 17.7 Å². The standard InChI is InChI=1S/C21H35NO5/c1-8-9-21(6,7)13-27-18(25)11-16(20(3,4)5)19(26)22-12-15(24)10-17(22)14(2)23/h8,15-17,24H,1,9-13H2,2-7H3/t15-,16-,17+/m1/s1. The molecule has 0 aromatic carbocycles. The fraction of sp³-hybridized carbons (Fsp3) is 0.762. The summed E-state index contributed by atoms with van der Waals surface area (Å²) in [6.07, 6.45) is 1.99. The van der Waals surface area contributed by atoms with Gasteiger partial charge in [-0.1, -0.05) is 40.7 Å². The molecule has 1 rings (SSSR count). The van der Waals surface area contributed by atoms with Crippen LogP contribution < -0.4 is 0 Å². The number of aliphatic hydroxyl groups excluding tert-OH is 1. The fourth-order valence-electron chi connectivity index (χ4n) is 3.36. The molecule has 1 fully saturated rings. The molecule has 1 N–H and O–H groups in total. The molecule has 0 aromatic heterocycles. The number of β-amino-alcohol motifs (C(OH)–C–C–N with tert-alkyl or cyclic N) is 1. The van der Waals surface area contributed by atoms with Gasteiger partial charge in [0.25, 0.3) is 0 Å². The maximum atomic E-state index is 13.1. The van der Waals surface area contributed by atoms with E-state index in [4.69, 9.17) is 4.74 Å². The Morgan fingerprint density at radius 1 is 1.26 bits per heavy atom. The number of ether oxygens (including phenoxy) is 1. The zero-order valence-corrected chi connectivity index (χ0v) is 17.6. The van der Waals surface area contributed by atoms with Gasteiger partial charge in [-0.25, -0.2) is 0 Å². The summed E-state index contributed by atoms with van der Waals surface area (Å²) in [5, 5.41) is 9.91. The minimum absolute atomic E-state index is 0.0519. The molecule has 3 atom stereocenters. The lowest BCUT2D eigenvalue weighted by molar-refractivity contribution is -0.154. The predicted octanol–water partition coefficient (Wildman–Crippen LogP) is 2.74. The highest BCUT2D eigenvalue weighted by atomic mass is 16.5. The summed E-state index contributed by atoms with van der Waals surface area (Å²) in [6, 6.07) is -0.625. The average molecular weight is 382 g/mol. The van der Waals surface area contributed by atoms with Gasteiger partial charge >= 0.3 is 5.97 Å². The van der Waals surface area contributed by atoms with E-state index in [0.717, 1.165) is 0 Å². The second kappa shape index (κ2) is 9.00. The molecule has 0 radical (unpaired) electrons. The van der Waals surface area contributed by atoms with Crippen molar-refractivity contribution in [1.82, 2.24) is 4.90 Å². The zero-order valence-electron chi connectivity index (χ0n) is 17.6. The number of Topliss-reactive ketones (excluding diaryl/α,β-unsaturated/α-hetero) is 1. The Labute approximate surface area is 162 Å². The van der Waals surface area contributed by atoms with Crippen molar-refractivity contribution in [3.63, 3.8) is 0 Å². The zero-order chi connectivity index (χ0) is 21.0. The van der Waals surface area contributed by atoms with E-state index in [2.05, 4.69) is 6.58 Å². The molecule has 0 aliphatic carbocycles. The first-order valence-electron chi connectivity index (χ1n) is 9.54. The Morgan fingerprint density at radius 2 is 1.85 bits per heavy atom. The number of esters is 1. The van der Waals surface area contributed by atoms with Gasteiger partial charge in [0.1, 0.15) is 0 Å². The highest BCUT2D eigenvalue weighted by Gasteiger charge is 2.43. The highest BCUT2D eigenvalue weighted by molar-refractivity contribution is 5.91. The number of nitrogens with zero attached hydrogens (tertiary/aromatic N) is 1. The topological polar surface area (TPSA) is 83.9 Å². The van der Waals surface area contributed by atoms with Crippen molar-refractivity contribution in [2.24, 2.45) is 16.7 Å². The van der Waals surface area contributed by atoms with E-state index >= 15 is 0 Å². The Balaban J connectivity index is 2.87. The van der Waals surface area contributed by atoms with Gasteiger partial charge in [-0.15, -0.1) is 6.58 Å². The number of allylic oxidation sites excluding steroid dienone is 1. The first kappa shape index (κ1) is 23.3. The number of rotatable bonds is 8. The van der Waals surface area contributed by atoms with E-state index < -0.39 is 29.4 Å². The van der Waals surface area contributed by atoms with Crippen LogP contribution in [0.4, 0.5) is 0 Å². The Kier molecular flexibility index (Phi) is 7.78. The summed E-state index contributed by atoms with van der Waals surface area (Å²) in [5.41, 5.74) is -0.695. The number of likely N-dealkylation sites (tertiary alicyclic amines) is 1. The summed E-state index contributed by atoms with van der Waals surface area (Å²) in [7, 11) is 0. The molecule has 154 valence electrons. The highest BCUT2D eigenvalue weighted by Crippen LogP contribution is 2.34. The summed E-state index contributed by atoms with van der Waals surface area (Å²) >= 11 is 0. The SMILES string of the molecule is C=CCC(C)(C)COC(=O)C[C@H](C(=O)N1C[C@H](O)C[C@H]1C(C)=O)C(C)(C)C. The van der Waals surface area contributed by atoms with Crippen molar-refractivity contribution < 1.29 is 24.2 Å². The minimum Gasteiger partial charge on any atom is -0.465 e. The monoisotopic (exact) mass is 381 g/mol. The van der Waals surface area contributed by atoms with Gasteiger partial charge in [-0.3, -0.25) is 14.4 Å². The van der Waals surface area contributed by atoms with E-state index in [1.807, 2.05) is 34.6 Å². The van der Waals surface area contributed by atoms with Crippen LogP contribution >= 0.6 is 0 Å². The maximum Gasteiger partial charge on any atom is 0.306 e. The summed E-state index contributed by atoms with van der Waals surface area (Å²) in [5.74, 6) is -1.48. The number of hydrogen-bond acceptors (Lipinski definition) is 5. The molecule has 0 bridgehead atoms. The van der Waals surface area contributed by atoms with Gasteiger partial charge in [-0.05, 0) is 18.8 Å². The Hall–Kier alpha value is -1.69. The van der Waals surface area contributed by atoms with E-state index in [1.54, 1.807) is 6.08 Å². The first-order valence-corrected chi connectivity index (χ1v) is 9.54. The molecular formula is C21H35NO5. The van der Waals surface area contributed by atoms with Crippen LogP contribution in [0.1, 0.15) is 60.8 Å². The third-order valence-electron chi connectivity index (χ3n) is 5.07. The number of hydrogen-bond donors (Lipinski definition) is 1. The average Bonchev–Trinajstić information content (AvgIpc) is 2.91. The molecule has 0 aromatic rings. The van der Waals surface area contributed by atoms with Crippen LogP contribution in [0.15, 0.2) is 12.7 Å². The molecule has 1 saturated heterocycles. The molecule has 1 heterocycles. The van der Waals surface area contributed by atoms with E-state index in [0.29, 0.717) is 6.42 Å². The predicted molar refractivity (Wildman–Crippen MR) is 104 cm³/mol. The number of carbonyl (C=O) groups is 3. The molecule has 6 nitrogen and oxygen atoms in total. The molecule has 1 amide bonds. The van der Waals surface area contributed by atoms with Gasteiger partial charge < -0.3 is 14.7 Å². The van der Waals surface area contributed by atoms with Crippen molar-refractivity contribution in [2.45, 2.75) is 73.0 Å². The molecule has 1 aliphatic rings. The largest absolute Gasteiger partial charge is 0.465 e. The van der Waals surface area contributed by atoms with Gasteiger partial charge in [0.15, 0.2) is 5.78 Å². The molecule has 0 spiro atoms. The van der Waals surface area contributed by atoms with E-state index in [9.17, 15) is 19.5 Å². The van der Waals surface area contributed by atoms with Crippen LogP contribution in [0.25, 0.3) is 0 Å². The summed E-state index contributed by atoms with van der Waals surface area (Å²) < 4.78 is 5.42. The Morgan fingerprint density at radius 3 is 2.33 bits per heavy atom. The lowest BCUT2D eigenvalue weighted by Gasteiger charge is -2.34. The smallest absolute Gasteiger partial charge is 0.306 e. The van der Waals surface area contributed by atoms with Crippen LogP contribution in [0.5, 0.6) is 0 Å². The summed E-state index contributed by atoms with van der Waals surface area (Å²) in [4.78, 5) is 38.8. The molecule has 0 unspecified atom stereocenters. The number of ketones is 1. The Bertz CT molecular complexity index is 576. The van der Waals surface area contributed by atoms with Crippen molar-refractivity contribution in [3.05, 3.63) is 12.7 Å². The lowest BCUT2D eigenvalue weighted by atomic mass is 9.77. The van der Waals surface area contributed by atoms with Gasteiger partial charge in [0.2, 0.25) is 5.91 Å². The second-order valence-corrected chi connectivity index (χ2v) is 9.45. The van der Waals surface area contributed by atoms with Crippen LogP contribution in [0, 0.1) is 16.7 Å². The second-order valence-electron chi connectivity index (χ2n) is 9.45. The normalized spacial score (nSPS) is 21.7. The van der Waals surface area contributed by atoms with Crippen LogP contribution in [0.3, 0.4) is 0 Å². The number of carbonyl (C=O) groups excluding carboxylic acids is 3. The van der Waals surface area contributed by atoms with Crippen molar-refractivity contribution in [1.29, 1.82) is 0 Å². The minimum atomic E-state index is -0.713. The van der Waals surface area contributed by atoms with Crippen molar-refractivity contribution in [3.8, 4) is 0 Å². The molecular weight excluding hydrogens is 346 g/mol. The van der Waals surface area contributed by atoms with Crippen molar-refractivity contribution in [2.75, 3.05) is 13.2 Å². The third kappa shape index (κ3) is 6.76. The maximum absolute atomic E-state index is 13.1. The lowest BCUT2D eigenvalue weighted by Crippen LogP contribution is -2.47. The van der Waals surface area contributed by atoms with Gasteiger partial charge in [0, 0.05) is 18.4 Å². The van der Waals surface area contributed by atoms with Crippen LogP contribution in [-0.4, -0.2) is 53.0 Å². The van der Waals surface area contributed by atoms with Gasteiger partial charge in [-0.2, -0.15) is 0 Å². The quantitative estimate of drug-likeness (QED) is 0.516. The molecule has 1 aliphatic heterocycles. The molecule has 6 heteroatoms. The third-order valence-corrected chi connectivity index (χ3v) is 5.07. The summed E-state index contributed by atoms with van der Waals surface area (Å²) in [6.45, 7) is 15.1. The van der Waals surface area contributed by atoms with E-state index in [1.165, 1.54) is 11.8 Å². The molecule has 27 heavy (non-hydrogen) atoms. The van der Waals surface area contributed by atoms with Crippen LogP contribution in [-0.2, 0) is 19.1 Å². The molecule has 0 saturated carbocycles. The number of aliphatic hydroxyl groups is 1. The van der Waals surface area contributed by atoms with Gasteiger partial charge in [0.05, 0.1) is 31.1 Å².